The Kier molecular flexibility index (Phi) is 18.2. The maximum atomic E-state index is 12.5. The highest BCUT2D eigenvalue weighted by atomic mass is 32.3. The Morgan fingerprint density at radius 2 is 0.968 bits per heavy atom. The molecule has 4 aliphatic heterocycles. The van der Waals surface area contributed by atoms with Gasteiger partial charge in [0, 0.05) is 34.7 Å². The third kappa shape index (κ3) is 12.3. The van der Waals surface area contributed by atoms with Gasteiger partial charge in [0.2, 0.25) is 34.0 Å². The van der Waals surface area contributed by atoms with Crippen molar-refractivity contribution in [2.45, 2.75) is 150 Å². The third-order valence-corrected chi connectivity index (χ3v) is 11.0. The fourth-order valence-corrected chi connectivity index (χ4v) is 7.82. The van der Waals surface area contributed by atoms with Crippen molar-refractivity contribution in [2.24, 2.45) is 0 Å². The van der Waals surface area contributed by atoms with E-state index >= 15 is 0 Å². The van der Waals surface area contributed by atoms with Gasteiger partial charge in [0.05, 0.1) is 26.4 Å². The molecule has 20 atom stereocenters. The molecule has 0 radical (unpaired) electrons. The van der Waals surface area contributed by atoms with Crippen LogP contribution in [0.1, 0.15) is 27.7 Å². The van der Waals surface area contributed by atoms with Crippen LogP contribution >= 0.6 is 0 Å². The Labute approximate surface area is 353 Å². The van der Waals surface area contributed by atoms with E-state index in [2.05, 4.69) is 20.1 Å². The van der Waals surface area contributed by atoms with Crippen LogP contribution in [-0.4, -0.2) is 244 Å². The van der Waals surface area contributed by atoms with E-state index in [1.165, 1.54) is 7.05 Å². The summed E-state index contributed by atoms with van der Waals surface area (Å²) in [5.74, 6) is -3.03. The second-order valence-electron chi connectivity index (χ2n) is 15.0. The lowest BCUT2D eigenvalue weighted by Gasteiger charge is -2.51. The van der Waals surface area contributed by atoms with Crippen LogP contribution in [0.25, 0.3) is 0 Å². The van der Waals surface area contributed by atoms with Crippen LogP contribution in [0.4, 0.5) is 0 Å². The van der Waals surface area contributed by atoms with Gasteiger partial charge in [-0.3, -0.25) is 23.4 Å². The van der Waals surface area contributed by atoms with Crippen molar-refractivity contribution in [3.8, 4) is 0 Å². The zero-order valence-electron chi connectivity index (χ0n) is 33.9. The van der Waals surface area contributed by atoms with Crippen LogP contribution < -0.4 is 16.0 Å². The summed E-state index contributed by atoms with van der Waals surface area (Å²) in [5, 5.41) is 104. The summed E-state index contributed by atoms with van der Waals surface area (Å²) < 4.78 is 78.7. The van der Waals surface area contributed by atoms with Gasteiger partial charge in [-0.1, -0.05) is 0 Å². The average molecular weight is 924 g/mol. The first kappa shape index (κ1) is 51.7. The number of nitrogens with zero attached hydrogens (tertiary/aromatic N) is 1. The number of hydrogen-bond donors (Lipinski definition) is 12. The number of hydrogen-bond acceptors (Lipinski definition) is 24. The zero-order chi connectivity index (χ0) is 46.5. The molecule has 0 saturated carbocycles. The summed E-state index contributed by atoms with van der Waals surface area (Å²) in [6, 6.07) is -6.54. The average Bonchev–Trinajstić information content (AvgIpc) is 3.18. The highest BCUT2D eigenvalue weighted by Crippen LogP contribution is 2.35. The van der Waals surface area contributed by atoms with Crippen molar-refractivity contribution in [1.82, 2.24) is 20.9 Å². The Bertz CT molecular complexity index is 1650. The Hall–Kier alpha value is -2.89. The number of rotatable bonds is 16. The van der Waals surface area contributed by atoms with E-state index in [-0.39, 0.29) is 0 Å². The van der Waals surface area contributed by atoms with Gasteiger partial charge in [0.15, 0.2) is 25.2 Å². The van der Waals surface area contributed by atoms with Gasteiger partial charge in [-0.15, -0.1) is 0 Å². The van der Waals surface area contributed by atoms with Crippen molar-refractivity contribution >= 4 is 34.0 Å². The first-order chi connectivity index (χ1) is 28.9. The first-order valence-corrected chi connectivity index (χ1v) is 20.4. The lowest BCUT2D eigenvalue weighted by atomic mass is 9.93. The molecule has 4 rings (SSSR count). The molecule has 4 saturated heterocycles. The number of aliphatic hydroxyl groups is 9. The Morgan fingerprint density at radius 3 is 1.37 bits per heavy atom. The van der Waals surface area contributed by atoms with Gasteiger partial charge in [-0.25, -0.2) is 8.42 Å². The second-order valence-corrected chi connectivity index (χ2v) is 16.0. The highest BCUT2D eigenvalue weighted by molar-refractivity contribution is 7.80. The lowest BCUT2D eigenvalue weighted by Crippen LogP contribution is -2.71. The zero-order valence-corrected chi connectivity index (χ0v) is 34.7. The SMILES string of the molecule is CC(=O)N[C@@H]1C(O)[C@H](O[C@@H]2O[C@H](CO)[C@@H](O)C(O)[C@@H]2N(C)C(C)=O)[C@@H](CO)O[C@H]1O[C@H]1C(O)[C@H](NC(C)=O)[C@H](O[C@H]2C(O)[C@@H](NC(C)=O)[C@H](O)O[C@@H]2COS(=O)(=O)[O-])O[C@@H]1CO. The first-order valence-electron chi connectivity index (χ1n) is 19.1. The normalized spacial score (nSPS) is 41.5. The minimum atomic E-state index is -5.39. The standard InChI is InChI=1S/C33H56N4O24S/c1-10(41)34-18-23(46)29(17(55-30(18)50)9-54-62(51,52)53)60-32-19(35-11(2)42)24(47)27(15(7-39)57-32)59-31-20(36-12(3)43)25(48)28(16(8-40)58-31)61-33-21(37(5)13(4)44)26(49)22(45)14(6-38)56-33/h14-33,38-40,45-50H,6-9H2,1-5H3,(H,34,41)(H,35,42)(H,36,43)(H,51,52,53)/p-1/t14-,15-,16-,17-,18-,19+,20-,21+,22-,23?,24?,25?,26?,27-,28-,29-,30-,31+,32+,33+/m1/s1. The van der Waals surface area contributed by atoms with E-state index in [0.717, 1.165) is 32.6 Å². The summed E-state index contributed by atoms with van der Waals surface area (Å²) in [6.07, 6.45) is -28.9. The van der Waals surface area contributed by atoms with Crippen LogP contribution in [0, 0.1) is 0 Å². The van der Waals surface area contributed by atoms with Gasteiger partial charge in [-0.05, 0) is 0 Å². The fraction of sp³-hybridized carbons (Fsp3) is 0.879. The van der Waals surface area contributed by atoms with E-state index in [4.69, 9.17) is 33.2 Å². The number of carbonyl (C=O) groups excluding carboxylic acids is 4. The number of likely N-dealkylation sites (N-methyl/N-ethyl adjacent to an activating group) is 1. The number of ether oxygens (including phenoxy) is 7. The third-order valence-electron chi connectivity index (χ3n) is 10.6. The molecule has 0 aromatic rings. The summed E-state index contributed by atoms with van der Waals surface area (Å²) in [5.41, 5.74) is 0. The molecule has 62 heavy (non-hydrogen) atoms. The van der Waals surface area contributed by atoms with Crippen molar-refractivity contribution in [1.29, 1.82) is 0 Å². The number of amides is 4. The topological polar surface area (TPSA) is 421 Å². The molecule has 358 valence electrons. The van der Waals surface area contributed by atoms with Gasteiger partial charge >= 0.3 is 0 Å². The highest BCUT2D eigenvalue weighted by Gasteiger charge is 2.56. The Morgan fingerprint density at radius 1 is 0.581 bits per heavy atom. The number of carbonyl (C=O) groups is 4. The predicted octanol–water partition coefficient (Wildman–Crippen LogP) is -9.35. The molecule has 0 bridgehead atoms. The van der Waals surface area contributed by atoms with Crippen molar-refractivity contribution < 1.29 is 115 Å². The van der Waals surface area contributed by atoms with Crippen molar-refractivity contribution in [3.05, 3.63) is 0 Å². The number of aliphatic hydroxyl groups excluding tert-OH is 9. The molecule has 0 aromatic carbocycles. The minimum absolute atomic E-state index is 0.624. The van der Waals surface area contributed by atoms with Crippen LogP contribution in [0.15, 0.2) is 0 Å². The maximum absolute atomic E-state index is 12.5. The molecular weight excluding hydrogens is 868 g/mol. The molecule has 4 amide bonds. The largest absolute Gasteiger partial charge is 0.726 e. The minimum Gasteiger partial charge on any atom is -0.726 e. The summed E-state index contributed by atoms with van der Waals surface area (Å²) in [7, 11) is -4.15. The second kappa shape index (κ2) is 21.9. The van der Waals surface area contributed by atoms with E-state index in [1.54, 1.807) is 0 Å². The maximum Gasteiger partial charge on any atom is 0.219 e. The van der Waals surface area contributed by atoms with Crippen LogP contribution in [0.3, 0.4) is 0 Å². The molecule has 29 heteroatoms. The van der Waals surface area contributed by atoms with E-state index < -0.39 is 183 Å². The fourth-order valence-electron chi connectivity index (χ4n) is 7.52. The summed E-state index contributed by atoms with van der Waals surface area (Å²) >= 11 is 0. The summed E-state index contributed by atoms with van der Waals surface area (Å²) in [4.78, 5) is 50.1. The van der Waals surface area contributed by atoms with Gasteiger partial charge in [-0.2, -0.15) is 0 Å². The molecule has 28 nitrogen and oxygen atoms in total. The molecule has 4 aliphatic rings. The monoisotopic (exact) mass is 923 g/mol. The van der Waals surface area contributed by atoms with Crippen LogP contribution in [-0.2, 0) is 66.9 Å². The van der Waals surface area contributed by atoms with Gasteiger partial charge < -0.3 is 105 Å². The van der Waals surface area contributed by atoms with E-state index in [9.17, 15) is 78.1 Å². The molecule has 0 spiro atoms. The van der Waals surface area contributed by atoms with Crippen molar-refractivity contribution in [2.75, 3.05) is 33.5 Å². The van der Waals surface area contributed by atoms with Crippen LogP contribution in [0.2, 0.25) is 0 Å². The molecule has 4 unspecified atom stereocenters. The van der Waals surface area contributed by atoms with E-state index in [1.807, 2.05) is 0 Å². The lowest BCUT2D eigenvalue weighted by molar-refractivity contribution is -0.363. The molecule has 4 fully saturated rings. The van der Waals surface area contributed by atoms with Gasteiger partial charge in [0.25, 0.3) is 0 Å². The molecule has 12 N–H and O–H groups in total. The molecule has 0 aliphatic carbocycles. The predicted molar refractivity (Wildman–Crippen MR) is 193 cm³/mol. The molecular formula is C33H55N4O24S-. The van der Waals surface area contributed by atoms with Crippen molar-refractivity contribution in [3.63, 3.8) is 0 Å². The van der Waals surface area contributed by atoms with Crippen LogP contribution in [0.5, 0.6) is 0 Å². The molecule has 4 heterocycles. The van der Waals surface area contributed by atoms with E-state index in [0.29, 0.717) is 0 Å². The molecule has 0 aromatic heterocycles. The number of nitrogens with one attached hydrogen (secondary N) is 3. The Balaban J connectivity index is 1.65. The quantitative estimate of drug-likeness (QED) is 0.0505. The summed E-state index contributed by atoms with van der Waals surface area (Å²) in [6.45, 7) is 0.224. The van der Waals surface area contributed by atoms with Gasteiger partial charge in [0.1, 0.15) is 97.4 Å². The smallest absolute Gasteiger partial charge is 0.219 e.